The van der Waals surface area contributed by atoms with Crippen molar-refractivity contribution in [3.05, 3.63) is 0 Å². The molecule has 0 aliphatic heterocycles. The lowest BCUT2D eigenvalue weighted by molar-refractivity contribution is -1.27. The molecular formula is H8N5O2+. The van der Waals surface area contributed by atoms with Crippen LogP contribution in [0.15, 0.2) is 0 Å². The molecule has 0 heterocycles. The maximum Gasteiger partial charge on any atom is 0.142 e. The van der Waals surface area contributed by atoms with Gasteiger partial charge in [-0.2, -0.15) is 11.8 Å². The summed E-state index contributed by atoms with van der Waals surface area (Å²) in [6.45, 7) is 0. The maximum atomic E-state index is 4.74. The molecule has 0 fully saturated rings. The summed E-state index contributed by atoms with van der Waals surface area (Å²) in [7, 11) is 0. The highest BCUT2D eigenvalue weighted by Gasteiger charge is 2.17. The fourth-order valence-corrected chi connectivity index (χ4v) is 0.0248. The van der Waals surface area contributed by atoms with Crippen LogP contribution >= 0.6 is 0 Å². The zero-order valence-electron chi connectivity index (χ0n) is 3.57. The van der Waals surface area contributed by atoms with Gasteiger partial charge in [-0.25, -0.2) is 0 Å². The number of nitrogens with zero attached hydrogens (tertiary/aromatic N) is 1. The van der Waals surface area contributed by atoms with E-state index in [1.807, 2.05) is 0 Å². The van der Waals surface area contributed by atoms with Gasteiger partial charge in [-0.05, 0) is 9.88 Å². The Labute approximate surface area is 39.7 Å². The summed E-state index contributed by atoms with van der Waals surface area (Å²) in [6.07, 6.45) is 0. The van der Waals surface area contributed by atoms with Crippen molar-refractivity contribution < 1.29 is 14.9 Å². The van der Waals surface area contributed by atoms with E-state index in [4.69, 9.17) is 11.7 Å². The minimum Gasteiger partial charge on any atom is -0.152 e. The second-order valence-electron chi connectivity index (χ2n) is 0.856. The van der Waals surface area contributed by atoms with Gasteiger partial charge in [0.1, 0.15) is 5.03 Å². The van der Waals surface area contributed by atoms with Crippen molar-refractivity contribution >= 4 is 0 Å². The molecule has 0 spiro atoms. The standard InChI is InChI=1S/H8N5O2/c1-5(2,6-3)7-4/h1-4H2/q+1. The van der Waals surface area contributed by atoms with Crippen molar-refractivity contribution in [2.75, 3.05) is 0 Å². The Bertz CT molecular complexity index is 44.0. The molecule has 0 amide bonds. The van der Waals surface area contributed by atoms with Crippen LogP contribution in [0.4, 0.5) is 0 Å². The molecule has 0 radical (unpaired) electrons. The third kappa shape index (κ3) is 2.42. The number of hydrogen-bond donors (Lipinski definition) is 4. The molecule has 7 heteroatoms. The van der Waals surface area contributed by atoms with Crippen LogP contribution in [0.1, 0.15) is 0 Å². The van der Waals surface area contributed by atoms with Crippen molar-refractivity contribution in [1.29, 1.82) is 0 Å². The second kappa shape index (κ2) is 2.14. The Morgan fingerprint density at radius 1 is 1.00 bits per heavy atom. The molecule has 0 aromatic carbocycles. The van der Waals surface area contributed by atoms with E-state index in [1.165, 1.54) is 0 Å². The molecule has 0 rings (SSSR count). The minimum absolute atomic E-state index is 1.31. The summed E-state index contributed by atoms with van der Waals surface area (Å²) < 4.78 is 0. The highest BCUT2D eigenvalue weighted by Crippen LogP contribution is 1.75. The Kier molecular flexibility index (Phi) is 2.05. The van der Waals surface area contributed by atoms with E-state index >= 15 is 0 Å². The van der Waals surface area contributed by atoms with Gasteiger partial charge < -0.3 is 0 Å². The molecule has 0 aliphatic carbocycles. The Hall–Kier alpha value is -0.280. The van der Waals surface area contributed by atoms with Crippen LogP contribution in [0.25, 0.3) is 0 Å². The first-order valence-electron chi connectivity index (χ1n) is 1.35. The maximum absolute atomic E-state index is 4.74. The smallest absolute Gasteiger partial charge is 0.142 e. The van der Waals surface area contributed by atoms with E-state index in [0.29, 0.717) is 0 Å². The lowest BCUT2D eigenvalue weighted by Crippen LogP contribution is -2.62. The average molecular weight is 110 g/mol. The molecular weight excluding hydrogens is 102 g/mol. The van der Waals surface area contributed by atoms with Gasteiger partial charge in [0.15, 0.2) is 0 Å². The second-order valence-corrected chi connectivity index (χ2v) is 0.856. The van der Waals surface area contributed by atoms with E-state index in [0.717, 1.165) is 0 Å². The van der Waals surface area contributed by atoms with Crippen LogP contribution in [0.3, 0.4) is 0 Å². The van der Waals surface area contributed by atoms with E-state index in [-0.39, 0.29) is 0 Å². The summed E-state index contributed by atoms with van der Waals surface area (Å²) in [5, 5.41) is -1.31. The first kappa shape index (κ1) is 6.72. The van der Waals surface area contributed by atoms with Crippen LogP contribution < -0.4 is 23.5 Å². The first-order valence-corrected chi connectivity index (χ1v) is 1.35. The van der Waals surface area contributed by atoms with Gasteiger partial charge >= 0.3 is 0 Å². The molecule has 0 bridgehead atoms. The van der Waals surface area contributed by atoms with E-state index in [1.54, 1.807) is 0 Å². The number of rotatable bonds is 2. The summed E-state index contributed by atoms with van der Waals surface area (Å²) in [4.78, 5) is 7.47. The fraction of sp³-hybridized carbons (Fsp3) is 0. The van der Waals surface area contributed by atoms with E-state index in [9.17, 15) is 0 Å². The molecule has 0 aromatic heterocycles. The molecule has 7 heavy (non-hydrogen) atoms. The summed E-state index contributed by atoms with van der Waals surface area (Å²) >= 11 is 0. The fourth-order valence-electron chi connectivity index (χ4n) is 0.0248. The monoisotopic (exact) mass is 110 g/mol. The highest BCUT2D eigenvalue weighted by molar-refractivity contribution is 3.41. The summed E-state index contributed by atoms with van der Waals surface area (Å²) in [5.74, 6) is 18.3. The number of hydrogen-bond acceptors (Lipinski definition) is 6. The molecule has 0 saturated heterocycles. The molecule has 0 aliphatic rings. The van der Waals surface area contributed by atoms with Crippen molar-refractivity contribution in [3.8, 4) is 0 Å². The van der Waals surface area contributed by atoms with Gasteiger partial charge in [-0.3, -0.25) is 0 Å². The minimum atomic E-state index is -1.31. The third-order valence-electron chi connectivity index (χ3n) is 0.329. The van der Waals surface area contributed by atoms with Crippen molar-refractivity contribution in [2.24, 2.45) is 23.5 Å². The molecule has 0 unspecified atom stereocenters. The van der Waals surface area contributed by atoms with Gasteiger partial charge in [-0.1, -0.05) is 11.7 Å². The quantitative estimate of drug-likeness (QED) is 0.172. The van der Waals surface area contributed by atoms with Crippen LogP contribution in [-0.2, 0) is 9.88 Å². The molecule has 44 valence electrons. The largest absolute Gasteiger partial charge is 0.152 e. The normalized spacial score (nSPS) is 12.0. The average Bonchev–Trinajstić information content (AvgIpc) is 1.68. The number of nitrogens with two attached hydrogens (primary N) is 4. The van der Waals surface area contributed by atoms with Gasteiger partial charge in [0.25, 0.3) is 0 Å². The molecule has 0 saturated carbocycles. The van der Waals surface area contributed by atoms with Gasteiger partial charge in [0, 0.05) is 0 Å². The van der Waals surface area contributed by atoms with Crippen molar-refractivity contribution in [2.45, 2.75) is 0 Å². The Balaban J connectivity index is 3.36. The number of quaternary nitrogens is 1. The predicted octanol–water partition coefficient (Wildman–Crippen LogP) is -2.84. The Morgan fingerprint density at radius 3 is 1.29 bits per heavy atom. The van der Waals surface area contributed by atoms with Gasteiger partial charge in [0.05, 0.1) is 0 Å². The summed E-state index contributed by atoms with van der Waals surface area (Å²) in [6, 6.07) is 0. The zero-order valence-corrected chi connectivity index (χ0v) is 3.57. The molecule has 0 aromatic rings. The lowest BCUT2D eigenvalue weighted by Gasteiger charge is -2.11. The van der Waals surface area contributed by atoms with Crippen LogP contribution in [-0.4, -0.2) is 5.03 Å². The van der Waals surface area contributed by atoms with Crippen LogP contribution in [0, 0.1) is 0 Å². The predicted molar refractivity (Wildman–Crippen MR) is 19.2 cm³/mol. The van der Waals surface area contributed by atoms with Crippen LogP contribution in [0.5, 0.6) is 0 Å². The summed E-state index contributed by atoms with van der Waals surface area (Å²) in [5.41, 5.74) is 0. The SMILES string of the molecule is NO[N+](N)(N)ON. The zero-order chi connectivity index (χ0) is 5.91. The lowest BCUT2D eigenvalue weighted by atomic mass is 12.2. The Morgan fingerprint density at radius 2 is 1.29 bits per heavy atom. The molecule has 7 nitrogen and oxygen atoms in total. The van der Waals surface area contributed by atoms with Crippen molar-refractivity contribution in [1.82, 2.24) is 0 Å². The van der Waals surface area contributed by atoms with E-state index < -0.39 is 5.03 Å². The van der Waals surface area contributed by atoms with E-state index in [2.05, 4.69) is 21.7 Å². The highest BCUT2D eigenvalue weighted by atomic mass is 17.1. The molecule has 0 atom stereocenters. The first-order chi connectivity index (χ1) is 3.12. The topological polar surface area (TPSA) is 123 Å². The van der Waals surface area contributed by atoms with Crippen molar-refractivity contribution in [3.63, 3.8) is 0 Å². The third-order valence-corrected chi connectivity index (χ3v) is 0.329. The van der Waals surface area contributed by atoms with Crippen LogP contribution in [0.2, 0.25) is 0 Å². The molecule has 8 N–H and O–H groups in total. The van der Waals surface area contributed by atoms with Gasteiger partial charge in [0.2, 0.25) is 0 Å². The van der Waals surface area contributed by atoms with Gasteiger partial charge in [-0.15, -0.1) is 0 Å².